The summed E-state index contributed by atoms with van der Waals surface area (Å²) in [6.07, 6.45) is 1.56. The molecule has 2 saturated heterocycles. The molecule has 26 heavy (non-hydrogen) atoms. The lowest BCUT2D eigenvalue weighted by molar-refractivity contribution is 0.0431. The monoisotopic (exact) mass is 378 g/mol. The van der Waals surface area contributed by atoms with Crippen LogP contribution >= 0.6 is 0 Å². The molecule has 8 nitrogen and oxygen atoms in total. The number of aromatic hydroxyl groups is 1. The summed E-state index contributed by atoms with van der Waals surface area (Å²) in [7, 11) is -3.06. The molecule has 2 aromatic rings. The Bertz CT molecular complexity index is 1000. The maximum atomic E-state index is 12.3. The Morgan fingerprint density at radius 2 is 1.92 bits per heavy atom. The molecule has 2 atom stereocenters. The molecule has 0 radical (unpaired) electrons. The fraction of sp³-hybridized carbons (Fsp3) is 0.529. The number of piperazine rings is 1. The van der Waals surface area contributed by atoms with Crippen LogP contribution in [0.15, 0.2) is 29.2 Å². The Morgan fingerprint density at radius 3 is 2.65 bits per heavy atom. The predicted octanol–water partition coefficient (Wildman–Crippen LogP) is -0.297. The highest BCUT2D eigenvalue weighted by Gasteiger charge is 2.46. The van der Waals surface area contributed by atoms with E-state index >= 15 is 0 Å². The summed E-state index contributed by atoms with van der Waals surface area (Å²) >= 11 is 0. The lowest BCUT2D eigenvalue weighted by atomic mass is 10.0. The second-order valence-corrected chi connectivity index (χ2v) is 9.14. The second kappa shape index (κ2) is 6.33. The van der Waals surface area contributed by atoms with Crippen LogP contribution in [0.2, 0.25) is 0 Å². The lowest BCUT2D eigenvalue weighted by Gasteiger charge is -2.43. The number of hydrogen-bond acceptors (Lipinski definition) is 7. The normalized spacial score (nSPS) is 26.2. The van der Waals surface area contributed by atoms with Crippen LogP contribution in [0.1, 0.15) is 12.6 Å². The third-order valence-corrected chi connectivity index (χ3v) is 7.10. The number of fused-ring (bicyclic) bond motifs is 2. The van der Waals surface area contributed by atoms with Crippen LogP contribution in [-0.2, 0) is 16.4 Å². The van der Waals surface area contributed by atoms with E-state index in [1.54, 1.807) is 12.3 Å². The van der Waals surface area contributed by atoms with Crippen molar-refractivity contribution in [1.29, 1.82) is 0 Å². The molecule has 0 aromatic carbocycles. The molecule has 4 heterocycles. The predicted molar refractivity (Wildman–Crippen MR) is 97.0 cm³/mol. The second-order valence-electron chi connectivity index (χ2n) is 6.98. The molecule has 4 rings (SSSR count). The fourth-order valence-electron chi connectivity index (χ4n) is 4.13. The molecule has 1 N–H and O–H groups in total. The van der Waals surface area contributed by atoms with Crippen LogP contribution in [0, 0.1) is 0 Å². The van der Waals surface area contributed by atoms with E-state index in [0.29, 0.717) is 12.2 Å². The quantitative estimate of drug-likeness (QED) is 0.784. The van der Waals surface area contributed by atoms with E-state index in [1.807, 2.05) is 6.92 Å². The Labute approximate surface area is 151 Å². The molecule has 9 heteroatoms. The summed E-state index contributed by atoms with van der Waals surface area (Å²) in [4.78, 5) is 21.1. The zero-order chi connectivity index (χ0) is 18.5. The van der Waals surface area contributed by atoms with Crippen molar-refractivity contribution in [1.82, 2.24) is 19.2 Å². The third-order valence-electron chi connectivity index (χ3n) is 5.40. The number of sulfone groups is 1. The number of likely N-dealkylation sites (N-methyl/N-ethyl adjacent to an activating group) is 1. The average molecular weight is 378 g/mol. The SMILES string of the molecule is CCN1CCN(Cc2cc(=O)n3cccc(O)c3n2)[C@@H]2CS(=O)(=O)C[C@@H]21. The van der Waals surface area contributed by atoms with E-state index in [1.165, 1.54) is 16.5 Å². The van der Waals surface area contributed by atoms with E-state index < -0.39 is 9.84 Å². The van der Waals surface area contributed by atoms with Crippen LogP contribution in [0.4, 0.5) is 0 Å². The topological polar surface area (TPSA) is 95.2 Å². The minimum atomic E-state index is -3.06. The minimum absolute atomic E-state index is 0.00583. The molecule has 0 spiro atoms. The molecule has 2 aliphatic rings. The lowest BCUT2D eigenvalue weighted by Crippen LogP contribution is -2.58. The van der Waals surface area contributed by atoms with Gasteiger partial charge in [-0.1, -0.05) is 6.92 Å². The van der Waals surface area contributed by atoms with Gasteiger partial charge in [0.25, 0.3) is 5.56 Å². The van der Waals surface area contributed by atoms with Crippen LogP contribution in [-0.4, -0.2) is 75.9 Å². The summed E-state index contributed by atoms with van der Waals surface area (Å²) in [6.45, 7) is 4.80. The Morgan fingerprint density at radius 1 is 1.23 bits per heavy atom. The number of hydrogen-bond donors (Lipinski definition) is 1. The Balaban J connectivity index is 1.66. The van der Waals surface area contributed by atoms with Crippen LogP contribution in [0.5, 0.6) is 5.75 Å². The van der Waals surface area contributed by atoms with Crippen molar-refractivity contribution in [2.24, 2.45) is 0 Å². The summed E-state index contributed by atoms with van der Waals surface area (Å²) in [5.74, 6) is 0.284. The fourth-order valence-corrected chi connectivity index (χ4v) is 6.18. The van der Waals surface area contributed by atoms with Gasteiger partial charge in [0.1, 0.15) is 0 Å². The van der Waals surface area contributed by atoms with E-state index in [9.17, 15) is 18.3 Å². The molecule has 2 fully saturated rings. The highest BCUT2D eigenvalue weighted by atomic mass is 32.2. The van der Waals surface area contributed by atoms with Gasteiger partial charge in [0.2, 0.25) is 0 Å². The summed E-state index contributed by atoms with van der Waals surface area (Å²) in [5, 5.41) is 9.99. The largest absolute Gasteiger partial charge is 0.504 e. The molecule has 0 bridgehead atoms. The van der Waals surface area contributed by atoms with Crippen LogP contribution < -0.4 is 5.56 Å². The third kappa shape index (κ3) is 3.00. The van der Waals surface area contributed by atoms with Gasteiger partial charge in [-0.15, -0.1) is 0 Å². The van der Waals surface area contributed by atoms with E-state index in [2.05, 4.69) is 14.8 Å². The maximum absolute atomic E-state index is 12.3. The Kier molecular flexibility index (Phi) is 4.25. The molecular formula is C17H22N4O4S. The molecule has 2 aliphatic heterocycles. The van der Waals surface area contributed by atoms with E-state index in [-0.39, 0.29) is 40.5 Å². The molecular weight excluding hydrogens is 356 g/mol. The van der Waals surface area contributed by atoms with Crippen molar-refractivity contribution in [3.05, 3.63) is 40.4 Å². The first-order chi connectivity index (χ1) is 12.4. The van der Waals surface area contributed by atoms with Crippen molar-refractivity contribution >= 4 is 15.5 Å². The molecule has 0 saturated carbocycles. The van der Waals surface area contributed by atoms with E-state index in [0.717, 1.165) is 19.6 Å². The van der Waals surface area contributed by atoms with Crippen molar-refractivity contribution in [2.45, 2.75) is 25.6 Å². The highest BCUT2D eigenvalue weighted by Crippen LogP contribution is 2.27. The van der Waals surface area contributed by atoms with Crippen molar-refractivity contribution in [2.75, 3.05) is 31.1 Å². The standard InChI is InChI=1S/C17H22N4O4S/c1-2-19-6-7-20(14-11-26(24,25)10-13(14)19)9-12-8-16(23)21-5-3-4-15(22)17(21)18-12/h3-5,8,13-14,22H,2,6-7,9-11H2,1H3/t13-,14+/m0/s1. The van der Waals surface area contributed by atoms with Crippen molar-refractivity contribution < 1.29 is 13.5 Å². The van der Waals surface area contributed by atoms with Crippen LogP contribution in [0.3, 0.4) is 0 Å². The molecule has 140 valence electrons. The first-order valence-electron chi connectivity index (χ1n) is 8.77. The smallest absolute Gasteiger partial charge is 0.258 e. The molecule has 0 amide bonds. The minimum Gasteiger partial charge on any atom is -0.504 e. The zero-order valence-electron chi connectivity index (χ0n) is 14.6. The highest BCUT2D eigenvalue weighted by molar-refractivity contribution is 7.91. The van der Waals surface area contributed by atoms with Gasteiger partial charge in [0.05, 0.1) is 17.2 Å². The van der Waals surface area contributed by atoms with Crippen molar-refractivity contribution in [3.63, 3.8) is 0 Å². The van der Waals surface area contributed by atoms with Gasteiger partial charge in [0, 0.05) is 44.0 Å². The first-order valence-corrected chi connectivity index (χ1v) is 10.6. The number of rotatable bonds is 3. The molecule has 0 unspecified atom stereocenters. The summed E-state index contributed by atoms with van der Waals surface area (Å²) in [5.41, 5.74) is 0.506. The number of pyridine rings is 1. The molecule has 0 aliphatic carbocycles. The van der Waals surface area contributed by atoms with Gasteiger partial charge >= 0.3 is 0 Å². The average Bonchev–Trinajstić information content (AvgIpc) is 2.92. The first kappa shape index (κ1) is 17.4. The van der Waals surface area contributed by atoms with E-state index in [4.69, 9.17) is 0 Å². The van der Waals surface area contributed by atoms with Gasteiger partial charge in [-0.3, -0.25) is 19.0 Å². The van der Waals surface area contributed by atoms with Gasteiger partial charge in [-0.25, -0.2) is 13.4 Å². The summed E-state index contributed by atoms with van der Waals surface area (Å²) < 4.78 is 25.7. The maximum Gasteiger partial charge on any atom is 0.258 e. The van der Waals surface area contributed by atoms with Crippen LogP contribution in [0.25, 0.3) is 5.65 Å². The number of nitrogens with zero attached hydrogens (tertiary/aromatic N) is 4. The summed E-state index contributed by atoms with van der Waals surface area (Å²) in [6, 6.07) is 4.44. The molecule has 2 aromatic heterocycles. The zero-order valence-corrected chi connectivity index (χ0v) is 15.4. The van der Waals surface area contributed by atoms with Gasteiger partial charge in [0.15, 0.2) is 21.2 Å². The Hall–Kier alpha value is -1.97. The van der Waals surface area contributed by atoms with Gasteiger partial charge in [-0.2, -0.15) is 0 Å². The van der Waals surface area contributed by atoms with Gasteiger partial charge in [-0.05, 0) is 18.7 Å². The number of aromatic nitrogens is 2. The van der Waals surface area contributed by atoms with Gasteiger partial charge < -0.3 is 5.11 Å². The van der Waals surface area contributed by atoms with Crippen molar-refractivity contribution in [3.8, 4) is 5.75 Å².